The molecule has 2 unspecified atom stereocenters. The highest BCUT2D eigenvalue weighted by Crippen LogP contribution is 2.44. The largest absolute Gasteiger partial charge is 0.489 e. The molecule has 0 saturated carbocycles. The Morgan fingerprint density at radius 2 is 1.69 bits per heavy atom. The van der Waals surface area contributed by atoms with Gasteiger partial charge in [0.05, 0.1) is 5.92 Å². The summed E-state index contributed by atoms with van der Waals surface area (Å²) < 4.78 is 36.3. The van der Waals surface area contributed by atoms with Crippen LogP contribution in [0, 0.1) is 17.1 Å². The van der Waals surface area contributed by atoms with E-state index in [9.17, 15) is 14.4 Å². The molecule has 4 aromatic rings. The molecule has 42 heavy (non-hydrogen) atoms. The number of aryl methyl sites for hydroxylation is 1. The van der Waals surface area contributed by atoms with Crippen LogP contribution in [-0.4, -0.2) is 12.1 Å². The van der Waals surface area contributed by atoms with Crippen molar-refractivity contribution in [1.82, 2.24) is 0 Å². The molecule has 0 radical (unpaired) electrons. The second-order valence-electron chi connectivity index (χ2n) is 9.79. The van der Waals surface area contributed by atoms with E-state index in [-0.39, 0.29) is 29.6 Å². The van der Waals surface area contributed by atoms with Gasteiger partial charge in [0.25, 0.3) is 0 Å². The Kier molecular flexibility index (Phi) is 8.39. The number of nitrogens with two attached hydrogens (primary N) is 1. The molecular formula is C34H29FN2O5. The van der Waals surface area contributed by atoms with Gasteiger partial charge in [-0.2, -0.15) is 5.26 Å². The van der Waals surface area contributed by atoms with Gasteiger partial charge >= 0.3 is 5.97 Å². The molecule has 8 heteroatoms. The minimum atomic E-state index is -0.852. The normalized spacial score (nSPS) is 14.7. The number of carbonyl (C=O) groups excluding carboxylic acids is 1. The maximum Gasteiger partial charge on any atom is 0.352 e. The number of ether oxygens (including phenoxy) is 4. The highest BCUT2D eigenvalue weighted by Gasteiger charge is 2.31. The summed E-state index contributed by atoms with van der Waals surface area (Å²) in [5.74, 6) is 0.292. The van der Waals surface area contributed by atoms with Gasteiger partial charge < -0.3 is 24.7 Å². The van der Waals surface area contributed by atoms with Crippen molar-refractivity contribution in [1.29, 1.82) is 5.26 Å². The fraction of sp³-hybridized carbons (Fsp3) is 0.176. The van der Waals surface area contributed by atoms with Crippen LogP contribution < -0.4 is 24.7 Å². The van der Waals surface area contributed by atoms with Crippen molar-refractivity contribution in [2.24, 2.45) is 5.73 Å². The van der Waals surface area contributed by atoms with Crippen LogP contribution in [0.3, 0.4) is 0 Å². The minimum absolute atomic E-state index is 0.0386. The van der Waals surface area contributed by atoms with Gasteiger partial charge in [-0.15, -0.1) is 0 Å². The van der Waals surface area contributed by atoms with Crippen molar-refractivity contribution in [2.75, 3.05) is 0 Å². The third-order valence-corrected chi connectivity index (χ3v) is 6.90. The number of allylic oxidation sites excluding steroid dienone is 1. The quantitative estimate of drug-likeness (QED) is 0.181. The smallest absolute Gasteiger partial charge is 0.352 e. The number of esters is 1. The van der Waals surface area contributed by atoms with E-state index >= 15 is 0 Å². The number of carbonyl (C=O) groups is 1. The first-order valence-electron chi connectivity index (χ1n) is 13.5. The summed E-state index contributed by atoms with van der Waals surface area (Å²) in [6.07, 6.45) is 0.0563. The lowest BCUT2D eigenvalue weighted by Crippen LogP contribution is -2.28. The van der Waals surface area contributed by atoms with Crippen LogP contribution in [0.4, 0.5) is 4.39 Å². The SMILES string of the molecule is CCc1ccc(OC(C)C(=O)Oc2ccc3c(c2)OC(N)=C(C#N)C3c2cccc(OCc3ccc(F)cc3)c2)cc1. The Balaban J connectivity index is 1.33. The lowest BCUT2D eigenvalue weighted by atomic mass is 9.83. The molecule has 1 heterocycles. The molecule has 0 aliphatic carbocycles. The molecule has 212 valence electrons. The third-order valence-electron chi connectivity index (χ3n) is 6.90. The molecule has 0 amide bonds. The standard InChI is InChI=1S/C34H29FN2O5/c1-3-22-9-13-26(14-10-22)40-21(2)34(38)41-28-15-16-29-31(18-28)42-33(37)30(19-36)32(29)24-5-4-6-27(17-24)39-20-23-7-11-25(35)12-8-23/h4-18,21,32H,3,20,37H2,1-2H3. The number of rotatable bonds is 9. The van der Waals surface area contributed by atoms with E-state index in [4.69, 9.17) is 24.7 Å². The average molecular weight is 565 g/mol. The highest BCUT2D eigenvalue weighted by atomic mass is 19.1. The zero-order valence-electron chi connectivity index (χ0n) is 23.2. The zero-order valence-corrected chi connectivity index (χ0v) is 23.2. The molecule has 0 spiro atoms. The average Bonchev–Trinajstić information content (AvgIpc) is 3.00. The van der Waals surface area contributed by atoms with Crippen molar-refractivity contribution in [3.05, 3.63) is 131 Å². The number of hydrogen-bond donors (Lipinski definition) is 1. The van der Waals surface area contributed by atoms with Crippen molar-refractivity contribution < 1.29 is 28.1 Å². The molecular weight excluding hydrogens is 535 g/mol. The molecule has 2 N–H and O–H groups in total. The summed E-state index contributed by atoms with van der Waals surface area (Å²) in [7, 11) is 0. The maximum absolute atomic E-state index is 13.2. The summed E-state index contributed by atoms with van der Waals surface area (Å²) in [6.45, 7) is 3.93. The number of nitrogens with zero attached hydrogens (tertiary/aromatic N) is 1. The Bertz CT molecular complexity index is 1660. The highest BCUT2D eigenvalue weighted by molar-refractivity contribution is 5.77. The van der Waals surface area contributed by atoms with Crippen LogP contribution >= 0.6 is 0 Å². The number of benzene rings is 4. The van der Waals surface area contributed by atoms with Crippen molar-refractivity contribution in [3.8, 4) is 29.1 Å². The van der Waals surface area contributed by atoms with Gasteiger partial charge in [-0.05, 0) is 72.5 Å². The van der Waals surface area contributed by atoms with E-state index in [0.29, 0.717) is 22.8 Å². The first-order chi connectivity index (χ1) is 20.3. The number of nitriles is 1. The maximum atomic E-state index is 13.2. The van der Waals surface area contributed by atoms with Gasteiger partial charge in [0.15, 0.2) is 6.10 Å². The minimum Gasteiger partial charge on any atom is -0.489 e. The summed E-state index contributed by atoms with van der Waals surface area (Å²) in [6, 6.07) is 28.1. The molecule has 5 rings (SSSR count). The molecule has 0 aromatic heterocycles. The van der Waals surface area contributed by atoms with Gasteiger partial charge in [-0.1, -0.05) is 49.4 Å². The molecule has 1 aliphatic rings. The molecule has 0 fully saturated rings. The molecule has 2 atom stereocenters. The van der Waals surface area contributed by atoms with Gasteiger partial charge in [0.1, 0.15) is 47.1 Å². The van der Waals surface area contributed by atoms with Crippen LogP contribution in [0.5, 0.6) is 23.0 Å². The molecule has 0 bridgehead atoms. The van der Waals surface area contributed by atoms with E-state index in [1.165, 1.54) is 17.7 Å². The van der Waals surface area contributed by atoms with Crippen LogP contribution in [0.2, 0.25) is 0 Å². The van der Waals surface area contributed by atoms with Gasteiger partial charge in [-0.25, -0.2) is 9.18 Å². The summed E-state index contributed by atoms with van der Waals surface area (Å²) in [4.78, 5) is 12.8. The number of hydrogen-bond acceptors (Lipinski definition) is 7. The predicted molar refractivity (Wildman–Crippen MR) is 154 cm³/mol. The van der Waals surface area contributed by atoms with E-state index in [1.807, 2.05) is 42.5 Å². The van der Waals surface area contributed by atoms with E-state index in [1.54, 1.807) is 43.3 Å². The van der Waals surface area contributed by atoms with E-state index in [0.717, 1.165) is 17.5 Å². The van der Waals surface area contributed by atoms with Crippen LogP contribution in [-0.2, 0) is 17.8 Å². The first-order valence-corrected chi connectivity index (χ1v) is 13.5. The second kappa shape index (κ2) is 12.5. The van der Waals surface area contributed by atoms with Gasteiger partial charge in [0, 0.05) is 11.6 Å². The number of fused-ring (bicyclic) bond motifs is 1. The fourth-order valence-electron chi connectivity index (χ4n) is 4.63. The first kappa shape index (κ1) is 28.2. The summed E-state index contributed by atoms with van der Waals surface area (Å²) in [5, 5.41) is 9.93. The Hall–Kier alpha value is -5.29. The summed E-state index contributed by atoms with van der Waals surface area (Å²) in [5.41, 5.74) is 9.84. The van der Waals surface area contributed by atoms with Crippen LogP contribution in [0.1, 0.15) is 42.0 Å². The Labute approximate surface area is 243 Å². The van der Waals surface area contributed by atoms with Gasteiger partial charge in [-0.3, -0.25) is 0 Å². The predicted octanol–water partition coefficient (Wildman–Crippen LogP) is 6.56. The van der Waals surface area contributed by atoms with Crippen LogP contribution in [0.25, 0.3) is 0 Å². The van der Waals surface area contributed by atoms with Crippen molar-refractivity contribution in [3.63, 3.8) is 0 Å². The molecule has 7 nitrogen and oxygen atoms in total. The van der Waals surface area contributed by atoms with E-state index in [2.05, 4.69) is 13.0 Å². The monoisotopic (exact) mass is 564 g/mol. The number of halogens is 1. The molecule has 1 aliphatic heterocycles. The Morgan fingerprint density at radius 3 is 2.40 bits per heavy atom. The van der Waals surface area contributed by atoms with Crippen molar-refractivity contribution in [2.45, 2.75) is 38.9 Å². The molecule has 4 aromatic carbocycles. The fourth-order valence-corrected chi connectivity index (χ4v) is 4.63. The Morgan fingerprint density at radius 1 is 0.976 bits per heavy atom. The summed E-state index contributed by atoms with van der Waals surface area (Å²) >= 11 is 0. The van der Waals surface area contributed by atoms with E-state index < -0.39 is 18.0 Å². The van der Waals surface area contributed by atoms with Crippen LogP contribution in [0.15, 0.2) is 102 Å². The second-order valence-corrected chi connectivity index (χ2v) is 9.79. The lowest BCUT2D eigenvalue weighted by molar-refractivity contribution is -0.141. The topological polar surface area (TPSA) is 104 Å². The van der Waals surface area contributed by atoms with Crippen molar-refractivity contribution >= 4 is 5.97 Å². The lowest BCUT2D eigenvalue weighted by Gasteiger charge is -2.27. The van der Waals surface area contributed by atoms with Gasteiger partial charge in [0.2, 0.25) is 5.88 Å². The molecule has 0 saturated heterocycles. The third kappa shape index (κ3) is 6.37. The zero-order chi connectivity index (χ0) is 29.6.